The second kappa shape index (κ2) is 4.49. The lowest BCUT2D eigenvalue weighted by Crippen LogP contribution is -2.57. The zero-order valence-corrected chi connectivity index (χ0v) is 11.0. The Morgan fingerprint density at radius 2 is 1.89 bits per heavy atom. The van der Waals surface area contributed by atoms with Crippen LogP contribution in [0.5, 0.6) is 0 Å². The van der Waals surface area contributed by atoms with Gasteiger partial charge in [0.1, 0.15) is 0 Å². The Kier molecular flexibility index (Phi) is 3.10. The van der Waals surface area contributed by atoms with Gasteiger partial charge in [-0.2, -0.15) is 0 Å². The maximum absolute atomic E-state index is 12.3. The van der Waals surface area contributed by atoms with E-state index in [1.54, 1.807) is 0 Å². The predicted molar refractivity (Wildman–Crippen MR) is 67.1 cm³/mol. The fourth-order valence-electron chi connectivity index (χ4n) is 3.53. The molecule has 3 aliphatic rings. The molecule has 1 N–H and O–H groups in total. The molecule has 18 heavy (non-hydrogen) atoms. The smallest absolute Gasteiger partial charge is 0.225 e. The van der Waals surface area contributed by atoms with Crippen molar-refractivity contribution in [2.45, 2.75) is 62.6 Å². The lowest BCUT2D eigenvalue weighted by atomic mass is 9.78. The van der Waals surface area contributed by atoms with Gasteiger partial charge in [-0.3, -0.25) is 4.79 Å². The zero-order valence-electron chi connectivity index (χ0n) is 11.0. The van der Waals surface area contributed by atoms with Crippen molar-refractivity contribution < 1.29 is 14.6 Å². The summed E-state index contributed by atoms with van der Waals surface area (Å²) in [7, 11) is 0. The molecule has 1 spiro atoms. The highest BCUT2D eigenvalue weighted by Crippen LogP contribution is 2.39. The topological polar surface area (TPSA) is 49.8 Å². The van der Waals surface area contributed by atoms with Gasteiger partial charge in [-0.15, -0.1) is 0 Å². The molecule has 0 aromatic rings. The highest BCUT2D eigenvalue weighted by molar-refractivity contribution is 5.77. The first-order valence-corrected chi connectivity index (χ1v) is 7.25. The molecule has 3 fully saturated rings. The van der Waals surface area contributed by atoms with Crippen LogP contribution in [0, 0.1) is 0 Å². The van der Waals surface area contributed by atoms with Gasteiger partial charge in [0.2, 0.25) is 5.91 Å². The van der Waals surface area contributed by atoms with Gasteiger partial charge in [0.25, 0.3) is 0 Å². The average molecular weight is 253 g/mol. The molecule has 0 aromatic heterocycles. The van der Waals surface area contributed by atoms with Crippen LogP contribution >= 0.6 is 0 Å². The number of carbonyl (C=O) groups excluding carboxylic acids is 1. The van der Waals surface area contributed by atoms with E-state index in [-0.39, 0.29) is 11.5 Å². The molecule has 0 aromatic carbocycles. The average Bonchev–Trinajstić information content (AvgIpc) is 2.74. The molecule has 0 unspecified atom stereocenters. The summed E-state index contributed by atoms with van der Waals surface area (Å²) in [4.78, 5) is 14.2. The minimum atomic E-state index is -0.720. The fourth-order valence-corrected chi connectivity index (χ4v) is 3.53. The molecule has 4 nitrogen and oxygen atoms in total. The number of ether oxygens (including phenoxy) is 1. The number of rotatable bonds is 2. The number of nitrogens with zero attached hydrogens (tertiary/aromatic N) is 1. The van der Waals surface area contributed by atoms with Crippen LogP contribution < -0.4 is 0 Å². The SMILES string of the molecule is O=C(CC1(O)CCCC1)N1CCOC2(CCC2)C1. The summed E-state index contributed by atoms with van der Waals surface area (Å²) >= 11 is 0. The van der Waals surface area contributed by atoms with Crippen LogP contribution in [0.3, 0.4) is 0 Å². The van der Waals surface area contributed by atoms with Crippen molar-refractivity contribution in [3.05, 3.63) is 0 Å². The van der Waals surface area contributed by atoms with E-state index in [2.05, 4.69) is 0 Å². The van der Waals surface area contributed by atoms with E-state index in [4.69, 9.17) is 4.74 Å². The summed E-state index contributed by atoms with van der Waals surface area (Å²) in [5.41, 5.74) is -0.756. The van der Waals surface area contributed by atoms with Crippen molar-refractivity contribution in [2.75, 3.05) is 19.7 Å². The second-order valence-electron chi connectivity index (χ2n) is 6.31. The summed E-state index contributed by atoms with van der Waals surface area (Å²) in [6, 6.07) is 0. The Balaban J connectivity index is 1.58. The maximum Gasteiger partial charge on any atom is 0.225 e. The molecule has 2 aliphatic carbocycles. The van der Waals surface area contributed by atoms with Crippen molar-refractivity contribution in [3.63, 3.8) is 0 Å². The van der Waals surface area contributed by atoms with Crippen LogP contribution in [-0.2, 0) is 9.53 Å². The molecule has 3 rings (SSSR count). The van der Waals surface area contributed by atoms with Crippen molar-refractivity contribution in [1.82, 2.24) is 4.90 Å². The molecule has 1 amide bonds. The van der Waals surface area contributed by atoms with E-state index in [0.717, 1.165) is 45.1 Å². The van der Waals surface area contributed by atoms with E-state index < -0.39 is 5.60 Å². The molecule has 1 saturated heterocycles. The lowest BCUT2D eigenvalue weighted by Gasteiger charge is -2.48. The summed E-state index contributed by atoms with van der Waals surface area (Å²) in [6.07, 6.45) is 7.37. The zero-order chi connectivity index (χ0) is 12.6. The highest BCUT2D eigenvalue weighted by atomic mass is 16.5. The number of amides is 1. The van der Waals surface area contributed by atoms with E-state index in [9.17, 15) is 9.90 Å². The predicted octanol–water partition coefficient (Wildman–Crippen LogP) is 1.46. The maximum atomic E-state index is 12.3. The van der Waals surface area contributed by atoms with Crippen LogP contribution in [0.1, 0.15) is 51.4 Å². The molecule has 1 aliphatic heterocycles. The molecule has 4 heteroatoms. The number of hydrogen-bond acceptors (Lipinski definition) is 3. The first-order chi connectivity index (χ1) is 8.61. The van der Waals surface area contributed by atoms with E-state index in [0.29, 0.717) is 19.6 Å². The van der Waals surface area contributed by atoms with Crippen molar-refractivity contribution >= 4 is 5.91 Å². The molecular weight excluding hydrogens is 230 g/mol. The third-order valence-corrected chi connectivity index (χ3v) is 4.88. The molecule has 0 bridgehead atoms. The second-order valence-corrected chi connectivity index (χ2v) is 6.31. The lowest BCUT2D eigenvalue weighted by molar-refractivity contribution is -0.170. The van der Waals surface area contributed by atoms with Gasteiger partial charge in [0.15, 0.2) is 0 Å². The van der Waals surface area contributed by atoms with Crippen molar-refractivity contribution in [2.24, 2.45) is 0 Å². The Morgan fingerprint density at radius 1 is 1.17 bits per heavy atom. The first-order valence-electron chi connectivity index (χ1n) is 7.25. The molecule has 0 radical (unpaired) electrons. The van der Waals surface area contributed by atoms with Gasteiger partial charge in [-0.1, -0.05) is 12.8 Å². The van der Waals surface area contributed by atoms with E-state index in [1.807, 2.05) is 4.90 Å². The monoisotopic (exact) mass is 253 g/mol. The van der Waals surface area contributed by atoms with Crippen LogP contribution in [0.4, 0.5) is 0 Å². The van der Waals surface area contributed by atoms with E-state index in [1.165, 1.54) is 6.42 Å². The van der Waals surface area contributed by atoms with Gasteiger partial charge in [-0.05, 0) is 32.1 Å². The van der Waals surface area contributed by atoms with Gasteiger partial charge in [0.05, 0.1) is 24.2 Å². The molecule has 2 saturated carbocycles. The summed E-state index contributed by atoms with van der Waals surface area (Å²) < 4.78 is 5.82. The summed E-state index contributed by atoms with van der Waals surface area (Å²) in [5.74, 6) is 0.119. The molecule has 102 valence electrons. The van der Waals surface area contributed by atoms with Crippen LogP contribution in [0.15, 0.2) is 0 Å². The third-order valence-electron chi connectivity index (χ3n) is 4.88. The molecular formula is C14H23NO3. The number of carbonyl (C=O) groups is 1. The highest BCUT2D eigenvalue weighted by Gasteiger charge is 2.44. The molecule has 0 atom stereocenters. The standard InChI is InChI=1S/C14H23NO3/c16-12(10-13(17)4-1-2-5-13)15-8-9-18-14(11-15)6-3-7-14/h17H,1-11H2. The van der Waals surface area contributed by atoms with Gasteiger partial charge < -0.3 is 14.7 Å². The van der Waals surface area contributed by atoms with Gasteiger partial charge in [0, 0.05) is 13.1 Å². The molecule has 1 heterocycles. The van der Waals surface area contributed by atoms with Crippen LogP contribution in [-0.4, -0.2) is 46.8 Å². The minimum Gasteiger partial charge on any atom is -0.389 e. The van der Waals surface area contributed by atoms with Crippen LogP contribution in [0.2, 0.25) is 0 Å². The minimum absolute atomic E-state index is 0.0355. The number of hydrogen-bond donors (Lipinski definition) is 1. The Bertz CT molecular complexity index is 332. The summed E-state index contributed by atoms with van der Waals surface area (Å²) in [5, 5.41) is 10.3. The van der Waals surface area contributed by atoms with Gasteiger partial charge in [-0.25, -0.2) is 0 Å². The number of morpholine rings is 1. The van der Waals surface area contributed by atoms with Crippen LogP contribution in [0.25, 0.3) is 0 Å². The Labute approximate surface area is 108 Å². The third kappa shape index (κ3) is 2.28. The van der Waals surface area contributed by atoms with Crippen molar-refractivity contribution in [1.29, 1.82) is 0 Å². The van der Waals surface area contributed by atoms with Gasteiger partial charge >= 0.3 is 0 Å². The van der Waals surface area contributed by atoms with E-state index >= 15 is 0 Å². The number of aliphatic hydroxyl groups is 1. The summed E-state index contributed by atoms with van der Waals surface area (Å²) in [6.45, 7) is 2.09. The first kappa shape index (κ1) is 12.4. The Morgan fingerprint density at radius 3 is 2.50 bits per heavy atom. The fraction of sp³-hybridized carbons (Fsp3) is 0.929. The Hall–Kier alpha value is -0.610. The normalized spacial score (nSPS) is 29.3. The quantitative estimate of drug-likeness (QED) is 0.810. The largest absolute Gasteiger partial charge is 0.389 e. The van der Waals surface area contributed by atoms with Crippen molar-refractivity contribution in [3.8, 4) is 0 Å².